The molecule has 0 saturated carbocycles. The molecule has 0 radical (unpaired) electrons. The fourth-order valence-electron chi connectivity index (χ4n) is 2.41. The Morgan fingerprint density at radius 1 is 1.10 bits per heavy atom. The third-order valence-electron chi connectivity index (χ3n) is 3.57. The molecule has 6 heteroatoms. The zero-order chi connectivity index (χ0) is 14.7. The van der Waals surface area contributed by atoms with Gasteiger partial charge in [-0.2, -0.15) is 0 Å². The van der Waals surface area contributed by atoms with Crippen LogP contribution >= 0.6 is 0 Å². The van der Waals surface area contributed by atoms with Crippen LogP contribution in [0.1, 0.15) is 10.4 Å². The Bertz CT molecular complexity index is 655. The lowest BCUT2D eigenvalue weighted by molar-refractivity contribution is 0.0746. The summed E-state index contributed by atoms with van der Waals surface area (Å²) in [4.78, 5) is 34.2. The number of aromatic amines is 1. The summed E-state index contributed by atoms with van der Waals surface area (Å²) >= 11 is 0. The third kappa shape index (κ3) is 2.94. The molecule has 3 rings (SSSR count). The fourth-order valence-corrected chi connectivity index (χ4v) is 2.41. The van der Waals surface area contributed by atoms with Gasteiger partial charge in [0.15, 0.2) is 0 Å². The number of nitrogens with one attached hydrogen (secondary N) is 1. The number of H-pyrrole nitrogens is 1. The smallest absolute Gasteiger partial charge is 0.255 e. The SMILES string of the molecule is O=C(c1ccc(=O)[nH]c1)N1CCN(c2ccccn2)CC1. The Kier molecular flexibility index (Phi) is 3.68. The molecule has 2 aromatic rings. The van der Waals surface area contributed by atoms with E-state index in [1.807, 2.05) is 18.2 Å². The minimum absolute atomic E-state index is 0.0491. The van der Waals surface area contributed by atoms with E-state index in [2.05, 4.69) is 14.9 Å². The number of pyridine rings is 2. The van der Waals surface area contributed by atoms with E-state index < -0.39 is 0 Å². The number of anilines is 1. The Morgan fingerprint density at radius 2 is 1.90 bits per heavy atom. The molecule has 1 amide bonds. The van der Waals surface area contributed by atoms with Gasteiger partial charge in [0.25, 0.3) is 5.91 Å². The van der Waals surface area contributed by atoms with E-state index >= 15 is 0 Å². The average Bonchev–Trinajstić information content (AvgIpc) is 2.56. The number of aromatic nitrogens is 2. The molecular weight excluding hydrogens is 268 g/mol. The van der Waals surface area contributed by atoms with Gasteiger partial charge in [-0.3, -0.25) is 9.59 Å². The second-order valence-electron chi connectivity index (χ2n) is 4.91. The predicted molar refractivity (Wildman–Crippen MR) is 79.4 cm³/mol. The van der Waals surface area contributed by atoms with Crippen LogP contribution in [0.2, 0.25) is 0 Å². The summed E-state index contributed by atoms with van der Waals surface area (Å²) in [6.45, 7) is 2.81. The largest absolute Gasteiger partial charge is 0.353 e. The van der Waals surface area contributed by atoms with Gasteiger partial charge in [0.05, 0.1) is 5.56 Å². The lowest BCUT2D eigenvalue weighted by Crippen LogP contribution is -2.49. The first kappa shape index (κ1) is 13.4. The van der Waals surface area contributed by atoms with E-state index in [4.69, 9.17) is 0 Å². The zero-order valence-corrected chi connectivity index (χ0v) is 11.5. The first-order valence-corrected chi connectivity index (χ1v) is 6.88. The van der Waals surface area contributed by atoms with Gasteiger partial charge < -0.3 is 14.8 Å². The molecule has 1 aliphatic heterocycles. The first-order valence-electron chi connectivity index (χ1n) is 6.88. The Labute approximate surface area is 122 Å². The second-order valence-corrected chi connectivity index (χ2v) is 4.91. The quantitative estimate of drug-likeness (QED) is 0.883. The maximum absolute atomic E-state index is 12.3. The molecule has 0 unspecified atom stereocenters. The maximum atomic E-state index is 12.3. The average molecular weight is 284 g/mol. The van der Waals surface area contributed by atoms with Gasteiger partial charge in [-0.1, -0.05) is 6.07 Å². The standard InChI is InChI=1S/C15H16N4O2/c20-14-5-4-12(11-17-14)15(21)19-9-7-18(8-10-19)13-3-1-2-6-16-13/h1-6,11H,7-10H2,(H,17,20). The summed E-state index contributed by atoms with van der Waals surface area (Å²) in [5, 5.41) is 0. The van der Waals surface area contributed by atoms with Crippen LogP contribution in [-0.4, -0.2) is 47.0 Å². The summed E-state index contributed by atoms with van der Waals surface area (Å²) < 4.78 is 0. The molecule has 108 valence electrons. The first-order chi connectivity index (χ1) is 10.2. The van der Waals surface area contributed by atoms with Crippen molar-refractivity contribution in [3.05, 3.63) is 58.6 Å². The van der Waals surface area contributed by atoms with Crippen LogP contribution in [0.4, 0.5) is 5.82 Å². The van der Waals surface area contributed by atoms with E-state index in [0.29, 0.717) is 18.7 Å². The number of rotatable bonds is 2. The van der Waals surface area contributed by atoms with E-state index in [9.17, 15) is 9.59 Å². The van der Waals surface area contributed by atoms with E-state index in [1.54, 1.807) is 17.2 Å². The molecule has 2 aromatic heterocycles. The van der Waals surface area contributed by atoms with Crippen LogP contribution in [0.15, 0.2) is 47.5 Å². The number of hydrogen-bond acceptors (Lipinski definition) is 4. The van der Waals surface area contributed by atoms with Crippen LogP contribution in [0.5, 0.6) is 0 Å². The number of carbonyl (C=O) groups excluding carboxylic acids is 1. The highest BCUT2D eigenvalue weighted by Gasteiger charge is 2.22. The maximum Gasteiger partial charge on any atom is 0.255 e. The predicted octanol–water partition coefficient (Wildman–Crippen LogP) is 0.732. The van der Waals surface area contributed by atoms with Gasteiger partial charge >= 0.3 is 0 Å². The molecule has 0 aliphatic carbocycles. The van der Waals surface area contributed by atoms with E-state index in [1.165, 1.54) is 12.3 Å². The van der Waals surface area contributed by atoms with Crippen LogP contribution in [0.3, 0.4) is 0 Å². The Morgan fingerprint density at radius 3 is 2.52 bits per heavy atom. The van der Waals surface area contributed by atoms with Crippen LogP contribution < -0.4 is 10.5 Å². The highest BCUT2D eigenvalue weighted by Crippen LogP contribution is 2.13. The Balaban J connectivity index is 1.64. The number of carbonyl (C=O) groups is 1. The van der Waals surface area contributed by atoms with E-state index in [-0.39, 0.29) is 11.5 Å². The topological polar surface area (TPSA) is 69.3 Å². The lowest BCUT2D eigenvalue weighted by atomic mass is 10.2. The number of hydrogen-bond donors (Lipinski definition) is 1. The molecule has 1 fully saturated rings. The summed E-state index contributed by atoms with van der Waals surface area (Å²) in [7, 11) is 0. The fraction of sp³-hybridized carbons (Fsp3) is 0.267. The number of piperazine rings is 1. The highest BCUT2D eigenvalue weighted by atomic mass is 16.2. The van der Waals surface area contributed by atoms with Crippen molar-refractivity contribution >= 4 is 11.7 Å². The molecule has 21 heavy (non-hydrogen) atoms. The van der Waals surface area contributed by atoms with E-state index in [0.717, 1.165) is 18.9 Å². The highest BCUT2D eigenvalue weighted by molar-refractivity contribution is 5.94. The van der Waals surface area contributed by atoms with Gasteiger partial charge in [0.2, 0.25) is 5.56 Å². The summed E-state index contributed by atoms with van der Waals surface area (Å²) in [5.74, 6) is 0.889. The van der Waals surface area contributed by atoms with Crippen molar-refractivity contribution in [2.24, 2.45) is 0 Å². The molecule has 6 nitrogen and oxygen atoms in total. The van der Waals surface area contributed by atoms with Gasteiger partial charge in [-0.25, -0.2) is 4.98 Å². The van der Waals surface area contributed by atoms with Gasteiger partial charge in [-0.15, -0.1) is 0 Å². The molecule has 0 atom stereocenters. The molecule has 1 N–H and O–H groups in total. The molecule has 0 spiro atoms. The lowest BCUT2D eigenvalue weighted by Gasteiger charge is -2.35. The minimum atomic E-state index is -0.202. The van der Waals surface area contributed by atoms with Crippen LogP contribution in [0, 0.1) is 0 Å². The number of nitrogens with zero attached hydrogens (tertiary/aromatic N) is 3. The zero-order valence-electron chi connectivity index (χ0n) is 11.5. The molecule has 1 aliphatic rings. The Hall–Kier alpha value is -2.63. The summed E-state index contributed by atoms with van der Waals surface area (Å²) in [5.41, 5.74) is 0.312. The van der Waals surface area contributed by atoms with Crippen LogP contribution in [0.25, 0.3) is 0 Å². The van der Waals surface area contributed by atoms with Crippen LogP contribution in [-0.2, 0) is 0 Å². The van der Waals surface area contributed by atoms with Crippen molar-refractivity contribution in [3.8, 4) is 0 Å². The normalized spacial score (nSPS) is 15.0. The molecular formula is C15H16N4O2. The second kappa shape index (κ2) is 5.78. The molecule has 1 saturated heterocycles. The number of amides is 1. The summed E-state index contributed by atoms with van der Waals surface area (Å²) in [6.07, 6.45) is 3.24. The van der Waals surface area contributed by atoms with Crippen molar-refractivity contribution < 1.29 is 4.79 Å². The van der Waals surface area contributed by atoms with Crippen molar-refractivity contribution in [1.82, 2.24) is 14.9 Å². The van der Waals surface area contributed by atoms with Gasteiger partial charge in [-0.05, 0) is 18.2 Å². The molecule has 0 bridgehead atoms. The minimum Gasteiger partial charge on any atom is -0.353 e. The van der Waals surface area contributed by atoms with Gasteiger partial charge in [0.1, 0.15) is 5.82 Å². The molecule has 0 aromatic carbocycles. The van der Waals surface area contributed by atoms with Crippen molar-refractivity contribution in [2.75, 3.05) is 31.1 Å². The molecule has 3 heterocycles. The van der Waals surface area contributed by atoms with Gasteiger partial charge in [0, 0.05) is 44.6 Å². The third-order valence-corrected chi connectivity index (χ3v) is 3.57. The monoisotopic (exact) mass is 284 g/mol. The summed E-state index contributed by atoms with van der Waals surface area (Å²) in [6, 6.07) is 8.75. The van der Waals surface area contributed by atoms with Crippen molar-refractivity contribution in [2.45, 2.75) is 0 Å². The van der Waals surface area contributed by atoms with Crippen molar-refractivity contribution in [3.63, 3.8) is 0 Å². The van der Waals surface area contributed by atoms with Crippen molar-refractivity contribution in [1.29, 1.82) is 0 Å².